The Kier molecular flexibility index (Phi) is 5.70. The first kappa shape index (κ1) is 15.4. The van der Waals surface area contributed by atoms with Gasteiger partial charge in [-0.25, -0.2) is 0 Å². The summed E-state index contributed by atoms with van der Waals surface area (Å²) in [4.78, 5) is 12.0. The van der Waals surface area contributed by atoms with E-state index in [1.807, 2.05) is 6.92 Å². The van der Waals surface area contributed by atoms with E-state index in [0.29, 0.717) is 18.7 Å². The van der Waals surface area contributed by atoms with E-state index in [1.165, 1.54) is 12.1 Å². The minimum atomic E-state index is -0.645. The van der Waals surface area contributed by atoms with Gasteiger partial charge in [-0.05, 0) is 18.2 Å². The molecule has 1 rings (SSSR count). The Morgan fingerprint density at radius 3 is 2.79 bits per heavy atom. The van der Waals surface area contributed by atoms with Gasteiger partial charge in [0.2, 0.25) is 0 Å². The Morgan fingerprint density at radius 1 is 1.63 bits per heavy atom. The molecule has 0 aliphatic carbocycles. The molecular formula is C12H14ClN3O3. The molecule has 0 fully saturated rings. The maximum absolute atomic E-state index is 10.8. The molecule has 1 aromatic rings. The molecule has 19 heavy (non-hydrogen) atoms. The quantitative estimate of drug-likeness (QED) is 0.638. The zero-order valence-corrected chi connectivity index (χ0v) is 11.2. The molecule has 1 N–H and O–H groups in total. The molecule has 7 heteroatoms. The van der Waals surface area contributed by atoms with Crippen molar-refractivity contribution in [3.63, 3.8) is 0 Å². The van der Waals surface area contributed by atoms with Crippen LogP contribution in [0.4, 0.5) is 5.69 Å². The molecule has 0 radical (unpaired) electrons. The average molecular weight is 284 g/mol. The zero-order chi connectivity index (χ0) is 14.4. The van der Waals surface area contributed by atoms with E-state index in [2.05, 4.69) is 6.07 Å². The predicted octanol–water partition coefficient (Wildman–Crippen LogP) is 2.13. The summed E-state index contributed by atoms with van der Waals surface area (Å²) < 4.78 is 0. The maximum Gasteiger partial charge on any atom is 0.288 e. The van der Waals surface area contributed by atoms with Crippen molar-refractivity contribution in [2.24, 2.45) is 0 Å². The molecule has 1 aromatic carbocycles. The number of benzene rings is 1. The van der Waals surface area contributed by atoms with Gasteiger partial charge in [0.15, 0.2) is 0 Å². The summed E-state index contributed by atoms with van der Waals surface area (Å²) >= 11 is 5.74. The fourth-order valence-corrected chi connectivity index (χ4v) is 1.99. The van der Waals surface area contributed by atoms with Crippen LogP contribution in [-0.2, 0) is 0 Å². The summed E-state index contributed by atoms with van der Waals surface area (Å²) in [7, 11) is 0. The molecule has 0 amide bonds. The Bertz CT molecular complexity index is 501. The van der Waals surface area contributed by atoms with Crippen LogP contribution in [0.15, 0.2) is 18.2 Å². The Morgan fingerprint density at radius 2 is 2.32 bits per heavy atom. The van der Waals surface area contributed by atoms with Crippen LogP contribution in [-0.4, -0.2) is 34.6 Å². The minimum absolute atomic E-state index is 0.0376. The maximum atomic E-state index is 10.8. The fourth-order valence-electron chi connectivity index (χ4n) is 1.80. The van der Waals surface area contributed by atoms with Crippen LogP contribution in [0.1, 0.15) is 18.5 Å². The van der Waals surface area contributed by atoms with Crippen molar-refractivity contribution in [1.82, 2.24) is 4.90 Å². The van der Waals surface area contributed by atoms with Gasteiger partial charge in [0.05, 0.1) is 17.6 Å². The second kappa shape index (κ2) is 7.04. The lowest BCUT2D eigenvalue weighted by Crippen LogP contribution is -2.30. The number of likely N-dealkylation sites (N-methyl/N-ethyl adjacent to an activating group) is 1. The lowest BCUT2D eigenvalue weighted by atomic mass is 10.1. The Balaban J connectivity index is 3.15. The number of rotatable bonds is 6. The van der Waals surface area contributed by atoms with E-state index in [9.17, 15) is 15.4 Å². The van der Waals surface area contributed by atoms with Crippen LogP contribution >= 0.6 is 11.6 Å². The van der Waals surface area contributed by atoms with Crippen LogP contribution < -0.4 is 0 Å². The summed E-state index contributed by atoms with van der Waals surface area (Å²) in [6.07, 6.45) is 0. The van der Waals surface area contributed by atoms with Gasteiger partial charge < -0.3 is 5.11 Å². The number of aliphatic hydroxyl groups excluding tert-OH is 1. The third kappa shape index (κ3) is 3.64. The highest BCUT2D eigenvalue weighted by atomic mass is 35.5. The second-order valence-electron chi connectivity index (χ2n) is 3.85. The normalized spacial score (nSPS) is 12.2. The first-order chi connectivity index (χ1) is 9.04. The van der Waals surface area contributed by atoms with E-state index in [4.69, 9.17) is 16.7 Å². The lowest BCUT2D eigenvalue weighted by molar-refractivity contribution is -0.384. The lowest BCUT2D eigenvalue weighted by Gasteiger charge is -2.24. The number of hydrogen-bond acceptors (Lipinski definition) is 5. The third-order valence-electron chi connectivity index (χ3n) is 2.76. The van der Waals surface area contributed by atoms with Crippen molar-refractivity contribution < 1.29 is 10.0 Å². The number of nitro groups is 1. The molecule has 102 valence electrons. The van der Waals surface area contributed by atoms with E-state index in [-0.39, 0.29) is 17.3 Å². The molecule has 6 nitrogen and oxygen atoms in total. The minimum Gasteiger partial charge on any atom is -0.395 e. The number of hydrogen-bond donors (Lipinski definition) is 1. The van der Waals surface area contributed by atoms with Crippen LogP contribution in [0.3, 0.4) is 0 Å². The fraction of sp³-hybridized carbons (Fsp3) is 0.417. The number of nitrogens with zero attached hydrogens (tertiary/aromatic N) is 3. The summed E-state index contributed by atoms with van der Waals surface area (Å²) in [6, 6.07) is 5.74. The van der Waals surface area contributed by atoms with Crippen molar-refractivity contribution in [3.8, 4) is 6.07 Å². The highest BCUT2D eigenvalue weighted by Gasteiger charge is 2.22. The number of nitro benzene ring substituents is 1. The molecule has 0 bridgehead atoms. The van der Waals surface area contributed by atoms with Crippen molar-refractivity contribution in [2.75, 3.05) is 19.7 Å². The van der Waals surface area contributed by atoms with E-state index in [0.717, 1.165) is 0 Å². The summed E-state index contributed by atoms with van der Waals surface area (Å²) in [5, 5.41) is 29.1. The van der Waals surface area contributed by atoms with Gasteiger partial charge in [-0.2, -0.15) is 5.26 Å². The standard InChI is InChI=1S/C12H14ClN3O3/c1-2-15(5-6-17)12(8-14)9-3-4-10(13)11(7-9)16(18)19/h3-4,7,12,17H,2,5-6H2,1H3. The first-order valence-electron chi connectivity index (χ1n) is 5.73. The molecule has 1 unspecified atom stereocenters. The summed E-state index contributed by atoms with van der Waals surface area (Å²) in [6.45, 7) is 2.65. The van der Waals surface area contributed by atoms with Crippen LogP contribution in [0.25, 0.3) is 0 Å². The van der Waals surface area contributed by atoms with Crippen LogP contribution in [0.5, 0.6) is 0 Å². The summed E-state index contributed by atoms with van der Waals surface area (Å²) in [5.74, 6) is 0. The zero-order valence-electron chi connectivity index (χ0n) is 10.4. The van der Waals surface area contributed by atoms with E-state index >= 15 is 0 Å². The van der Waals surface area contributed by atoms with Gasteiger partial charge in [0.1, 0.15) is 11.1 Å². The Labute approximate surface area is 116 Å². The molecule has 0 aromatic heterocycles. The number of nitriles is 1. The molecule has 0 aliphatic heterocycles. The van der Waals surface area contributed by atoms with E-state index < -0.39 is 11.0 Å². The van der Waals surface area contributed by atoms with Gasteiger partial charge in [0, 0.05) is 12.6 Å². The summed E-state index contributed by atoms with van der Waals surface area (Å²) in [5.41, 5.74) is 0.272. The van der Waals surface area contributed by atoms with Crippen LogP contribution in [0, 0.1) is 21.4 Å². The molecule has 1 atom stereocenters. The number of halogens is 1. The highest BCUT2D eigenvalue weighted by molar-refractivity contribution is 6.32. The van der Waals surface area contributed by atoms with Crippen molar-refractivity contribution in [2.45, 2.75) is 13.0 Å². The molecule has 0 spiro atoms. The SMILES string of the molecule is CCN(CCO)C(C#N)c1ccc(Cl)c([N+](=O)[O-])c1. The van der Waals surface area contributed by atoms with Gasteiger partial charge >= 0.3 is 0 Å². The average Bonchev–Trinajstić information content (AvgIpc) is 2.39. The van der Waals surface area contributed by atoms with Gasteiger partial charge in [-0.15, -0.1) is 0 Å². The third-order valence-corrected chi connectivity index (χ3v) is 3.08. The van der Waals surface area contributed by atoms with Crippen molar-refractivity contribution in [3.05, 3.63) is 38.9 Å². The largest absolute Gasteiger partial charge is 0.395 e. The van der Waals surface area contributed by atoms with Crippen molar-refractivity contribution >= 4 is 17.3 Å². The molecular weight excluding hydrogens is 270 g/mol. The number of aliphatic hydroxyl groups is 1. The highest BCUT2D eigenvalue weighted by Crippen LogP contribution is 2.29. The predicted molar refractivity (Wildman–Crippen MR) is 70.8 cm³/mol. The van der Waals surface area contributed by atoms with Crippen molar-refractivity contribution in [1.29, 1.82) is 5.26 Å². The monoisotopic (exact) mass is 283 g/mol. The first-order valence-corrected chi connectivity index (χ1v) is 6.11. The molecule has 0 heterocycles. The van der Waals surface area contributed by atoms with E-state index in [1.54, 1.807) is 11.0 Å². The van der Waals surface area contributed by atoms with Gasteiger partial charge in [-0.1, -0.05) is 24.6 Å². The molecule has 0 saturated carbocycles. The second-order valence-corrected chi connectivity index (χ2v) is 4.26. The Hall–Kier alpha value is -1.68. The topological polar surface area (TPSA) is 90.4 Å². The van der Waals surface area contributed by atoms with Crippen LogP contribution in [0.2, 0.25) is 5.02 Å². The van der Waals surface area contributed by atoms with Gasteiger partial charge in [0.25, 0.3) is 5.69 Å². The van der Waals surface area contributed by atoms with Gasteiger partial charge in [-0.3, -0.25) is 15.0 Å². The molecule has 0 saturated heterocycles. The molecule has 0 aliphatic rings. The smallest absolute Gasteiger partial charge is 0.288 e.